The minimum Gasteiger partial charge on any atom is -0.331 e. The Labute approximate surface area is 129 Å². The van der Waals surface area contributed by atoms with Gasteiger partial charge in [-0.3, -0.25) is 0 Å². The number of hydrogen-bond acceptors (Lipinski definition) is 1. The second-order valence-corrected chi connectivity index (χ2v) is 8.99. The van der Waals surface area contributed by atoms with Crippen LogP contribution in [0.25, 0.3) is 0 Å². The van der Waals surface area contributed by atoms with Crippen molar-refractivity contribution in [2.75, 3.05) is 19.3 Å². The summed E-state index contributed by atoms with van der Waals surface area (Å²) in [7, 11) is 0. The van der Waals surface area contributed by atoms with Crippen LogP contribution in [0.1, 0.15) is 57.8 Å². The van der Waals surface area contributed by atoms with Crippen LogP contribution < -0.4 is 4.90 Å². The fourth-order valence-corrected chi connectivity index (χ4v) is 8.02. The first kappa shape index (κ1) is 13.9. The van der Waals surface area contributed by atoms with Crippen LogP contribution in [0.5, 0.6) is 0 Å². The number of likely N-dealkylation sites (tertiary alicyclic amines) is 1. The van der Waals surface area contributed by atoms with Crippen LogP contribution in [-0.2, 0) is 0 Å². The Bertz CT molecular complexity index is 336. The third-order valence-corrected chi connectivity index (χ3v) is 8.42. The topological polar surface area (TPSA) is 4.44 Å². The lowest BCUT2D eigenvalue weighted by Crippen LogP contribution is -3.18. The van der Waals surface area contributed by atoms with E-state index in [-0.39, 0.29) is 0 Å². The normalized spacial score (nSPS) is 49.0. The number of piperidine rings is 1. The first-order chi connectivity index (χ1) is 9.90. The molecule has 1 N–H and O–H groups in total. The molecule has 0 aromatic carbocycles. The van der Waals surface area contributed by atoms with E-state index in [1.54, 1.807) is 32.1 Å². The molecule has 0 amide bonds. The maximum atomic E-state index is 2.42. The van der Waals surface area contributed by atoms with Crippen molar-refractivity contribution in [3.8, 4) is 0 Å². The molecule has 1 nitrogen and oxygen atoms in total. The van der Waals surface area contributed by atoms with E-state index in [1.165, 1.54) is 38.8 Å². The lowest BCUT2D eigenvalue weighted by molar-refractivity contribution is -0.932. The fourth-order valence-electron chi connectivity index (χ4n) is 6.67. The standard InChI is InChI=1S/C18H31NS/c1-20-18-15-10-6-8-13-7-5-9-14(16(13)15)17(18)19-11-3-2-4-12-19/h13-18H,2-12H2,1H3/p+1/t13?,14?,15?,16?,17-,18-/m1/s1. The minimum absolute atomic E-state index is 0.999. The van der Waals surface area contributed by atoms with E-state index < -0.39 is 0 Å². The van der Waals surface area contributed by atoms with Crippen LogP contribution in [0.4, 0.5) is 0 Å². The maximum absolute atomic E-state index is 2.42. The third-order valence-electron chi connectivity index (χ3n) is 7.23. The molecule has 1 heterocycles. The molecule has 0 radical (unpaired) electrons. The van der Waals surface area contributed by atoms with Crippen LogP contribution in [-0.4, -0.2) is 30.6 Å². The zero-order valence-corrected chi connectivity index (χ0v) is 14.0. The van der Waals surface area contributed by atoms with E-state index in [1.807, 2.05) is 4.90 Å². The van der Waals surface area contributed by atoms with Crippen LogP contribution in [0.3, 0.4) is 0 Å². The van der Waals surface area contributed by atoms with Crippen molar-refractivity contribution in [3.05, 3.63) is 0 Å². The maximum Gasteiger partial charge on any atom is 0.103 e. The second-order valence-electron chi connectivity index (χ2n) is 7.97. The molecule has 20 heavy (non-hydrogen) atoms. The number of hydrogen-bond donors (Lipinski definition) is 1. The van der Waals surface area contributed by atoms with Gasteiger partial charge < -0.3 is 4.90 Å². The van der Waals surface area contributed by atoms with Gasteiger partial charge in [-0.2, -0.15) is 11.8 Å². The Morgan fingerprint density at radius 3 is 2.20 bits per heavy atom. The van der Waals surface area contributed by atoms with E-state index in [4.69, 9.17) is 0 Å². The Morgan fingerprint density at radius 1 is 0.800 bits per heavy atom. The molecule has 0 bridgehead atoms. The smallest absolute Gasteiger partial charge is 0.103 e. The number of nitrogens with one attached hydrogen (secondary N) is 1. The number of thioether (sulfide) groups is 1. The van der Waals surface area contributed by atoms with Crippen molar-refractivity contribution < 1.29 is 4.90 Å². The third kappa shape index (κ3) is 2.17. The molecule has 114 valence electrons. The predicted octanol–water partition coefficient (Wildman–Crippen LogP) is 3.00. The van der Waals surface area contributed by atoms with E-state index in [2.05, 4.69) is 18.0 Å². The van der Waals surface area contributed by atoms with Crippen LogP contribution in [0.15, 0.2) is 0 Å². The van der Waals surface area contributed by atoms with Crippen LogP contribution in [0, 0.1) is 23.7 Å². The zero-order valence-electron chi connectivity index (χ0n) is 13.2. The van der Waals surface area contributed by atoms with Crippen molar-refractivity contribution in [1.29, 1.82) is 0 Å². The molecular weight excluding hydrogens is 262 g/mol. The minimum atomic E-state index is 0.999. The highest BCUT2D eigenvalue weighted by molar-refractivity contribution is 7.99. The first-order valence-corrected chi connectivity index (χ1v) is 10.6. The van der Waals surface area contributed by atoms with Gasteiger partial charge in [0.15, 0.2) is 0 Å². The molecule has 2 heteroatoms. The second kappa shape index (κ2) is 5.83. The summed E-state index contributed by atoms with van der Waals surface area (Å²) in [5.41, 5.74) is 0. The first-order valence-electron chi connectivity index (χ1n) is 9.27. The van der Waals surface area contributed by atoms with Gasteiger partial charge in [0.1, 0.15) is 6.04 Å². The Morgan fingerprint density at radius 2 is 1.50 bits per heavy atom. The van der Waals surface area contributed by atoms with Crippen molar-refractivity contribution in [2.45, 2.75) is 69.1 Å². The van der Waals surface area contributed by atoms with Gasteiger partial charge in [0.25, 0.3) is 0 Å². The Kier molecular flexibility index (Phi) is 4.07. The van der Waals surface area contributed by atoms with Crippen molar-refractivity contribution in [2.24, 2.45) is 23.7 Å². The zero-order chi connectivity index (χ0) is 13.5. The number of quaternary nitrogens is 1. The van der Waals surface area contributed by atoms with Crippen molar-refractivity contribution in [3.63, 3.8) is 0 Å². The van der Waals surface area contributed by atoms with Gasteiger partial charge in [-0.25, -0.2) is 0 Å². The summed E-state index contributed by atoms with van der Waals surface area (Å²) in [5.74, 6) is 4.45. The molecule has 0 aromatic heterocycles. The summed E-state index contributed by atoms with van der Waals surface area (Å²) in [4.78, 5) is 2.02. The average Bonchev–Trinajstić information content (AvgIpc) is 2.84. The van der Waals surface area contributed by atoms with Gasteiger partial charge in [-0.05, 0) is 56.1 Å². The summed E-state index contributed by atoms with van der Waals surface area (Å²) in [6.07, 6.45) is 16.3. The van der Waals surface area contributed by atoms with E-state index in [0.29, 0.717) is 0 Å². The van der Waals surface area contributed by atoms with Gasteiger partial charge >= 0.3 is 0 Å². The molecular formula is C18H32NS+. The van der Waals surface area contributed by atoms with E-state index in [9.17, 15) is 0 Å². The van der Waals surface area contributed by atoms with Crippen molar-refractivity contribution in [1.82, 2.24) is 0 Å². The van der Waals surface area contributed by atoms with Gasteiger partial charge in [0, 0.05) is 5.92 Å². The summed E-state index contributed by atoms with van der Waals surface area (Å²) in [6, 6.07) is 1.03. The van der Waals surface area contributed by atoms with E-state index in [0.717, 1.165) is 35.0 Å². The molecule has 1 aliphatic heterocycles. The van der Waals surface area contributed by atoms with Crippen LogP contribution in [0.2, 0.25) is 0 Å². The molecule has 4 rings (SSSR count). The van der Waals surface area contributed by atoms with Gasteiger partial charge in [-0.1, -0.05) is 25.7 Å². The molecule has 6 atom stereocenters. The van der Waals surface area contributed by atoms with Crippen molar-refractivity contribution >= 4 is 11.8 Å². The SMILES string of the molecule is CS[C@@H]1C2CCCC3CCCC(C32)[C@H]1[NH+]1CCCCC1. The molecule has 3 aliphatic carbocycles. The molecule has 4 fully saturated rings. The summed E-state index contributed by atoms with van der Waals surface area (Å²) in [6.45, 7) is 2.98. The molecule has 0 spiro atoms. The highest BCUT2D eigenvalue weighted by Crippen LogP contribution is 2.56. The van der Waals surface area contributed by atoms with Gasteiger partial charge in [0.05, 0.1) is 18.3 Å². The largest absolute Gasteiger partial charge is 0.331 e. The number of rotatable bonds is 2. The summed E-state index contributed by atoms with van der Waals surface area (Å²) in [5, 5.41) is 0.999. The highest BCUT2D eigenvalue weighted by Gasteiger charge is 2.58. The average molecular weight is 295 g/mol. The summed E-state index contributed by atoms with van der Waals surface area (Å²) >= 11 is 2.25. The lowest BCUT2D eigenvalue weighted by Gasteiger charge is -2.42. The van der Waals surface area contributed by atoms with Gasteiger partial charge in [-0.15, -0.1) is 0 Å². The molecule has 4 aliphatic rings. The predicted molar refractivity (Wildman–Crippen MR) is 87.3 cm³/mol. The fraction of sp³-hybridized carbons (Fsp3) is 1.00. The molecule has 4 unspecified atom stereocenters. The Hall–Kier alpha value is 0.310. The molecule has 1 saturated heterocycles. The molecule has 0 aromatic rings. The van der Waals surface area contributed by atoms with E-state index >= 15 is 0 Å². The monoisotopic (exact) mass is 294 g/mol. The van der Waals surface area contributed by atoms with Crippen LogP contribution >= 0.6 is 11.8 Å². The lowest BCUT2D eigenvalue weighted by atomic mass is 9.64. The summed E-state index contributed by atoms with van der Waals surface area (Å²) < 4.78 is 0. The Balaban J connectivity index is 1.62. The highest BCUT2D eigenvalue weighted by atomic mass is 32.2. The quantitative estimate of drug-likeness (QED) is 0.820. The van der Waals surface area contributed by atoms with Gasteiger partial charge in [0.2, 0.25) is 0 Å². The molecule has 3 saturated carbocycles.